The fourth-order valence-electron chi connectivity index (χ4n) is 3.87. The molecule has 2 nitrogen and oxygen atoms in total. The molecular formula is C16H24N2. The summed E-state index contributed by atoms with van der Waals surface area (Å²) in [6.45, 7) is 4.24. The molecule has 0 spiro atoms. The molecule has 2 atom stereocenters. The number of rotatable bonds is 2. The van der Waals surface area contributed by atoms with Crippen molar-refractivity contribution in [1.29, 1.82) is 0 Å². The van der Waals surface area contributed by atoms with E-state index >= 15 is 0 Å². The fraction of sp³-hybridized carbons (Fsp3) is 0.625. The first-order valence-corrected chi connectivity index (χ1v) is 7.22. The van der Waals surface area contributed by atoms with E-state index in [2.05, 4.69) is 31.0 Å². The van der Waals surface area contributed by atoms with Crippen LogP contribution in [0.3, 0.4) is 0 Å². The van der Waals surface area contributed by atoms with Crippen molar-refractivity contribution in [2.45, 2.75) is 38.6 Å². The number of benzene rings is 1. The van der Waals surface area contributed by atoms with E-state index in [4.69, 9.17) is 5.73 Å². The Morgan fingerprint density at radius 2 is 2.06 bits per heavy atom. The molecule has 0 saturated carbocycles. The monoisotopic (exact) mass is 244 g/mol. The summed E-state index contributed by atoms with van der Waals surface area (Å²) in [7, 11) is 2.25. The van der Waals surface area contributed by atoms with E-state index in [0.29, 0.717) is 12.0 Å². The largest absolute Gasteiger partial charge is 0.330 e. The molecule has 18 heavy (non-hydrogen) atoms. The minimum absolute atomic E-state index is 0.603. The molecule has 0 bridgehead atoms. The maximum atomic E-state index is 5.85. The molecule has 98 valence electrons. The van der Waals surface area contributed by atoms with Crippen LogP contribution in [0.2, 0.25) is 0 Å². The van der Waals surface area contributed by atoms with Gasteiger partial charge in [0.1, 0.15) is 0 Å². The Morgan fingerprint density at radius 3 is 2.78 bits per heavy atom. The van der Waals surface area contributed by atoms with Crippen LogP contribution in [0.4, 0.5) is 0 Å². The van der Waals surface area contributed by atoms with Crippen molar-refractivity contribution in [3.8, 4) is 0 Å². The van der Waals surface area contributed by atoms with Gasteiger partial charge in [-0.2, -0.15) is 0 Å². The molecule has 3 rings (SSSR count). The quantitative estimate of drug-likeness (QED) is 0.866. The second kappa shape index (κ2) is 4.67. The van der Waals surface area contributed by atoms with Crippen molar-refractivity contribution in [3.05, 3.63) is 34.4 Å². The van der Waals surface area contributed by atoms with Gasteiger partial charge < -0.3 is 5.73 Å². The van der Waals surface area contributed by atoms with Crippen LogP contribution in [-0.2, 0) is 12.8 Å². The standard InChI is InChI=1S/C16H24N2/c1-11-6-7-15(14-5-3-4-13(11)14)16-8-12(9-17)10-18(16)2/h6-7,12,16H,3-5,8-10,17H2,1-2H3. The third kappa shape index (κ3) is 1.88. The Morgan fingerprint density at radius 1 is 1.28 bits per heavy atom. The zero-order valence-electron chi connectivity index (χ0n) is 11.6. The van der Waals surface area contributed by atoms with E-state index in [9.17, 15) is 0 Å². The summed E-state index contributed by atoms with van der Waals surface area (Å²) in [5, 5.41) is 0. The lowest BCUT2D eigenvalue weighted by atomic mass is 9.92. The number of nitrogens with two attached hydrogens (primary N) is 1. The highest BCUT2D eigenvalue weighted by Crippen LogP contribution is 2.39. The molecule has 1 saturated heterocycles. The minimum atomic E-state index is 0.603. The van der Waals surface area contributed by atoms with Crippen LogP contribution in [-0.4, -0.2) is 25.0 Å². The molecule has 1 aromatic rings. The third-order valence-electron chi connectivity index (χ3n) is 4.88. The average molecular weight is 244 g/mol. The summed E-state index contributed by atoms with van der Waals surface area (Å²) in [5.41, 5.74) is 12.2. The van der Waals surface area contributed by atoms with Gasteiger partial charge in [0.25, 0.3) is 0 Å². The molecule has 1 aliphatic heterocycles. The van der Waals surface area contributed by atoms with Gasteiger partial charge in [0.2, 0.25) is 0 Å². The molecule has 2 heteroatoms. The second-order valence-electron chi connectivity index (χ2n) is 6.08. The first-order chi connectivity index (χ1) is 8.70. The molecule has 0 amide bonds. The molecule has 1 heterocycles. The van der Waals surface area contributed by atoms with Crippen LogP contribution in [0, 0.1) is 12.8 Å². The molecular weight excluding hydrogens is 220 g/mol. The van der Waals surface area contributed by atoms with E-state index in [1.165, 1.54) is 31.2 Å². The molecule has 2 aliphatic rings. The van der Waals surface area contributed by atoms with Crippen LogP contribution >= 0.6 is 0 Å². The lowest BCUT2D eigenvalue weighted by Crippen LogP contribution is -2.21. The predicted octanol–water partition coefficient (Wildman–Crippen LogP) is 2.44. The number of aryl methyl sites for hydroxylation is 1. The minimum Gasteiger partial charge on any atom is -0.330 e. The first kappa shape index (κ1) is 12.2. The zero-order valence-corrected chi connectivity index (χ0v) is 11.6. The van der Waals surface area contributed by atoms with Crippen LogP contribution in [0.1, 0.15) is 41.1 Å². The van der Waals surface area contributed by atoms with Gasteiger partial charge in [-0.3, -0.25) is 4.90 Å². The van der Waals surface area contributed by atoms with E-state index in [0.717, 1.165) is 13.1 Å². The average Bonchev–Trinajstić information content (AvgIpc) is 2.97. The van der Waals surface area contributed by atoms with Crippen molar-refractivity contribution < 1.29 is 0 Å². The van der Waals surface area contributed by atoms with E-state index in [1.807, 2.05) is 0 Å². The molecule has 1 fully saturated rings. The molecule has 2 N–H and O–H groups in total. The Bertz CT molecular complexity index is 453. The van der Waals surface area contributed by atoms with Gasteiger partial charge >= 0.3 is 0 Å². The van der Waals surface area contributed by atoms with Crippen molar-refractivity contribution in [2.24, 2.45) is 11.7 Å². The first-order valence-electron chi connectivity index (χ1n) is 7.22. The Hall–Kier alpha value is -0.860. The van der Waals surface area contributed by atoms with Crippen molar-refractivity contribution in [2.75, 3.05) is 20.1 Å². The normalized spacial score (nSPS) is 27.7. The second-order valence-corrected chi connectivity index (χ2v) is 6.08. The highest BCUT2D eigenvalue weighted by molar-refractivity contribution is 5.45. The van der Waals surface area contributed by atoms with Crippen LogP contribution < -0.4 is 5.73 Å². The summed E-state index contributed by atoms with van der Waals surface area (Å²) in [6, 6.07) is 5.30. The zero-order chi connectivity index (χ0) is 12.7. The molecule has 0 radical (unpaired) electrons. The van der Waals surface area contributed by atoms with Crippen LogP contribution in [0.15, 0.2) is 12.1 Å². The highest BCUT2D eigenvalue weighted by Gasteiger charge is 2.32. The van der Waals surface area contributed by atoms with Crippen LogP contribution in [0.25, 0.3) is 0 Å². The van der Waals surface area contributed by atoms with Gasteiger partial charge in [0.05, 0.1) is 0 Å². The molecule has 2 unspecified atom stereocenters. The van der Waals surface area contributed by atoms with Gasteiger partial charge in [0.15, 0.2) is 0 Å². The topological polar surface area (TPSA) is 29.3 Å². The van der Waals surface area contributed by atoms with Gasteiger partial charge in [-0.25, -0.2) is 0 Å². The van der Waals surface area contributed by atoms with Crippen molar-refractivity contribution >= 4 is 0 Å². The van der Waals surface area contributed by atoms with Crippen molar-refractivity contribution in [1.82, 2.24) is 4.90 Å². The molecule has 1 aliphatic carbocycles. The number of hydrogen-bond donors (Lipinski definition) is 1. The molecule has 1 aromatic carbocycles. The fourth-order valence-corrected chi connectivity index (χ4v) is 3.87. The van der Waals surface area contributed by atoms with Gasteiger partial charge in [0, 0.05) is 12.6 Å². The van der Waals surface area contributed by atoms with Gasteiger partial charge in [-0.15, -0.1) is 0 Å². The maximum absolute atomic E-state index is 5.85. The lowest BCUT2D eigenvalue weighted by molar-refractivity contribution is 0.312. The smallest absolute Gasteiger partial charge is 0.0351 e. The third-order valence-corrected chi connectivity index (χ3v) is 4.88. The van der Waals surface area contributed by atoms with E-state index in [1.54, 1.807) is 16.7 Å². The van der Waals surface area contributed by atoms with Gasteiger partial charge in [-0.05, 0) is 74.4 Å². The highest BCUT2D eigenvalue weighted by atomic mass is 15.2. The van der Waals surface area contributed by atoms with Crippen molar-refractivity contribution in [3.63, 3.8) is 0 Å². The summed E-state index contributed by atoms with van der Waals surface area (Å²) < 4.78 is 0. The number of nitrogens with zero attached hydrogens (tertiary/aromatic N) is 1. The predicted molar refractivity (Wildman–Crippen MR) is 75.7 cm³/mol. The van der Waals surface area contributed by atoms with E-state index in [-0.39, 0.29) is 0 Å². The van der Waals surface area contributed by atoms with Crippen LogP contribution in [0.5, 0.6) is 0 Å². The SMILES string of the molecule is Cc1ccc(C2CC(CN)CN2C)c2c1CCC2. The summed E-state index contributed by atoms with van der Waals surface area (Å²) in [4.78, 5) is 2.50. The van der Waals surface area contributed by atoms with E-state index < -0.39 is 0 Å². The molecule has 0 aromatic heterocycles. The Kier molecular flexibility index (Phi) is 3.16. The van der Waals surface area contributed by atoms with Gasteiger partial charge in [-0.1, -0.05) is 12.1 Å². The lowest BCUT2D eigenvalue weighted by Gasteiger charge is -2.23. The number of fused-ring (bicyclic) bond motifs is 1. The Labute approximate surface area is 110 Å². The summed E-state index contributed by atoms with van der Waals surface area (Å²) in [5.74, 6) is 0.679. The Balaban J connectivity index is 1.96. The summed E-state index contributed by atoms with van der Waals surface area (Å²) >= 11 is 0. The number of likely N-dealkylation sites (tertiary alicyclic amines) is 1. The summed E-state index contributed by atoms with van der Waals surface area (Å²) in [6.07, 6.45) is 5.14. The number of hydrogen-bond acceptors (Lipinski definition) is 2. The maximum Gasteiger partial charge on any atom is 0.0351 e.